The van der Waals surface area contributed by atoms with Crippen molar-refractivity contribution in [3.8, 4) is 0 Å². The lowest BCUT2D eigenvalue weighted by atomic mass is 10.1. The lowest BCUT2D eigenvalue weighted by molar-refractivity contribution is 0.0742. The summed E-state index contributed by atoms with van der Waals surface area (Å²) in [7, 11) is 1.81. The molecule has 18 heavy (non-hydrogen) atoms. The summed E-state index contributed by atoms with van der Waals surface area (Å²) >= 11 is 0. The first-order chi connectivity index (χ1) is 8.70. The van der Waals surface area contributed by atoms with E-state index in [0.717, 1.165) is 5.56 Å². The van der Waals surface area contributed by atoms with Crippen molar-refractivity contribution in [2.24, 2.45) is 0 Å². The molecule has 0 saturated heterocycles. The molecule has 0 aliphatic carbocycles. The SMILES string of the molecule is CC(c1ccccc1)N(C)C(=O)c1cccnc1. The minimum atomic E-state index is -0.0144. The standard InChI is InChI=1S/C15H16N2O/c1-12(13-7-4-3-5-8-13)17(2)15(18)14-9-6-10-16-11-14/h3-12H,1-2H3. The molecule has 0 aliphatic heterocycles. The van der Waals surface area contributed by atoms with Gasteiger partial charge in [0.05, 0.1) is 11.6 Å². The Balaban J connectivity index is 2.17. The van der Waals surface area contributed by atoms with Gasteiger partial charge >= 0.3 is 0 Å². The van der Waals surface area contributed by atoms with Crippen LogP contribution in [0.5, 0.6) is 0 Å². The van der Waals surface area contributed by atoms with E-state index in [9.17, 15) is 4.79 Å². The molecule has 1 heterocycles. The van der Waals surface area contributed by atoms with Crippen molar-refractivity contribution in [1.29, 1.82) is 0 Å². The van der Waals surface area contributed by atoms with E-state index in [4.69, 9.17) is 0 Å². The number of hydrogen-bond acceptors (Lipinski definition) is 2. The molecule has 3 nitrogen and oxygen atoms in total. The maximum atomic E-state index is 12.2. The third-order valence-corrected chi connectivity index (χ3v) is 3.09. The van der Waals surface area contributed by atoms with Gasteiger partial charge in [0.15, 0.2) is 0 Å². The lowest BCUT2D eigenvalue weighted by Gasteiger charge is -2.25. The summed E-state index contributed by atoms with van der Waals surface area (Å²) < 4.78 is 0. The number of benzene rings is 1. The molecular weight excluding hydrogens is 224 g/mol. The smallest absolute Gasteiger partial charge is 0.255 e. The van der Waals surface area contributed by atoms with E-state index >= 15 is 0 Å². The van der Waals surface area contributed by atoms with E-state index in [1.807, 2.05) is 44.3 Å². The normalized spacial score (nSPS) is 11.9. The van der Waals surface area contributed by atoms with E-state index in [1.165, 1.54) is 0 Å². The highest BCUT2D eigenvalue weighted by Crippen LogP contribution is 2.19. The molecule has 0 bridgehead atoms. The van der Waals surface area contributed by atoms with Gasteiger partial charge in [-0.1, -0.05) is 30.3 Å². The van der Waals surface area contributed by atoms with Crippen molar-refractivity contribution in [2.75, 3.05) is 7.05 Å². The second-order valence-electron chi connectivity index (χ2n) is 4.24. The predicted molar refractivity (Wildman–Crippen MR) is 71.2 cm³/mol. The van der Waals surface area contributed by atoms with Gasteiger partial charge in [-0.2, -0.15) is 0 Å². The molecule has 0 aliphatic rings. The maximum absolute atomic E-state index is 12.2. The topological polar surface area (TPSA) is 33.2 Å². The van der Waals surface area contributed by atoms with Crippen LogP contribution < -0.4 is 0 Å². The first kappa shape index (κ1) is 12.3. The number of carbonyl (C=O) groups is 1. The van der Waals surface area contributed by atoms with Crippen molar-refractivity contribution in [3.05, 3.63) is 66.0 Å². The summed E-state index contributed by atoms with van der Waals surface area (Å²) in [6.07, 6.45) is 3.26. The van der Waals surface area contributed by atoms with E-state index in [1.54, 1.807) is 29.4 Å². The molecule has 2 rings (SSSR count). The molecule has 0 radical (unpaired) electrons. The maximum Gasteiger partial charge on any atom is 0.255 e. The highest BCUT2D eigenvalue weighted by molar-refractivity contribution is 5.93. The average Bonchev–Trinajstić information content (AvgIpc) is 2.47. The van der Waals surface area contributed by atoms with Crippen LogP contribution in [0.15, 0.2) is 54.9 Å². The van der Waals surface area contributed by atoms with Crippen LogP contribution in [0, 0.1) is 0 Å². The Morgan fingerprint density at radius 2 is 1.89 bits per heavy atom. The van der Waals surface area contributed by atoms with Crippen molar-refractivity contribution in [1.82, 2.24) is 9.88 Å². The zero-order valence-corrected chi connectivity index (χ0v) is 10.6. The Bertz CT molecular complexity index is 511. The summed E-state index contributed by atoms with van der Waals surface area (Å²) in [6, 6.07) is 13.6. The number of carbonyl (C=O) groups excluding carboxylic acids is 1. The van der Waals surface area contributed by atoms with E-state index in [2.05, 4.69) is 4.98 Å². The molecule has 92 valence electrons. The molecule has 0 fully saturated rings. The van der Waals surface area contributed by atoms with E-state index < -0.39 is 0 Å². The summed E-state index contributed by atoms with van der Waals surface area (Å²) in [5.41, 5.74) is 1.74. The van der Waals surface area contributed by atoms with E-state index in [-0.39, 0.29) is 11.9 Å². The minimum absolute atomic E-state index is 0.0144. The second kappa shape index (κ2) is 5.45. The fourth-order valence-electron chi connectivity index (χ4n) is 1.82. The molecular formula is C15H16N2O. The number of pyridine rings is 1. The first-order valence-electron chi connectivity index (χ1n) is 5.92. The molecule has 1 unspecified atom stereocenters. The van der Waals surface area contributed by atoms with Crippen LogP contribution in [0.1, 0.15) is 28.9 Å². The number of aromatic nitrogens is 1. The van der Waals surface area contributed by atoms with Gasteiger partial charge in [0.25, 0.3) is 5.91 Å². The average molecular weight is 240 g/mol. The summed E-state index contributed by atoms with van der Waals surface area (Å²) in [5, 5.41) is 0. The fourth-order valence-corrected chi connectivity index (χ4v) is 1.82. The molecule has 1 amide bonds. The molecule has 0 spiro atoms. The summed E-state index contributed by atoms with van der Waals surface area (Å²) in [6.45, 7) is 2.02. The van der Waals surface area contributed by atoms with Crippen molar-refractivity contribution >= 4 is 5.91 Å². The number of amides is 1. The van der Waals surface area contributed by atoms with Gasteiger partial charge in [-0.25, -0.2) is 0 Å². The molecule has 0 saturated carbocycles. The Kier molecular flexibility index (Phi) is 3.72. The van der Waals surface area contributed by atoms with Gasteiger partial charge in [0.1, 0.15) is 0 Å². The molecule has 2 aromatic rings. The second-order valence-corrected chi connectivity index (χ2v) is 4.24. The quantitative estimate of drug-likeness (QED) is 0.826. The minimum Gasteiger partial charge on any atom is -0.335 e. The van der Waals surface area contributed by atoms with Gasteiger partial charge in [-0.15, -0.1) is 0 Å². The largest absolute Gasteiger partial charge is 0.335 e. The highest BCUT2D eigenvalue weighted by Gasteiger charge is 2.18. The third kappa shape index (κ3) is 2.56. The molecule has 1 aromatic heterocycles. The van der Waals surface area contributed by atoms with Crippen LogP contribution in [0.2, 0.25) is 0 Å². The Labute approximate surface area is 107 Å². The van der Waals surface area contributed by atoms with Gasteiger partial charge in [0, 0.05) is 19.4 Å². The molecule has 3 heteroatoms. The summed E-state index contributed by atoms with van der Waals surface area (Å²) in [4.78, 5) is 17.9. The van der Waals surface area contributed by atoms with Gasteiger partial charge in [-0.3, -0.25) is 9.78 Å². The van der Waals surface area contributed by atoms with Crippen LogP contribution in [-0.2, 0) is 0 Å². The van der Waals surface area contributed by atoms with Crippen molar-refractivity contribution in [3.63, 3.8) is 0 Å². The molecule has 1 aromatic carbocycles. The zero-order valence-electron chi connectivity index (χ0n) is 10.6. The van der Waals surface area contributed by atoms with Gasteiger partial charge in [0.2, 0.25) is 0 Å². The Morgan fingerprint density at radius 3 is 2.50 bits per heavy atom. The zero-order chi connectivity index (χ0) is 13.0. The number of rotatable bonds is 3. The van der Waals surface area contributed by atoms with Gasteiger partial charge in [-0.05, 0) is 24.6 Å². The Hall–Kier alpha value is -2.16. The van der Waals surface area contributed by atoms with Crippen LogP contribution >= 0.6 is 0 Å². The van der Waals surface area contributed by atoms with Crippen molar-refractivity contribution < 1.29 is 4.79 Å². The van der Waals surface area contributed by atoms with Crippen LogP contribution in [0.25, 0.3) is 0 Å². The van der Waals surface area contributed by atoms with Crippen LogP contribution in [0.4, 0.5) is 0 Å². The van der Waals surface area contributed by atoms with Crippen LogP contribution in [-0.4, -0.2) is 22.8 Å². The lowest BCUT2D eigenvalue weighted by Crippen LogP contribution is -2.29. The third-order valence-electron chi connectivity index (χ3n) is 3.09. The monoisotopic (exact) mass is 240 g/mol. The van der Waals surface area contributed by atoms with Crippen LogP contribution in [0.3, 0.4) is 0 Å². The first-order valence-corrected chi connectivity index (χ1v) is 5.92. The van der Waals surface area contributed by atoms with Gasteiger partial charge < -0.3 is 4.90 Å². The predicted octanol–water partition coefficient (Wildman–Crippen LogP) is 2.91. The molecule has 0 N–H and O–H groups in total. The number of hydrogen-bond donors (Lipinski definition) is 0. The molecule has 1 atom stereocenters. The Morgan fingerprint density at radius 1 is 1.17 bits per heavy atom. The highest BCUT2D eigenvalue weighted by atomic mass is 16.2. The fraction of sp³-hybridized carbons (Fsp3) is 0.200. The van der Waals surface area contributed by atoms with Crippen molar-refractivity contribution in [2.45, 2.75) is 13.0 Å². The van der Waals surface area contributed by atoms with E-state index in [0.29, 0.717) is 5.56 Å². The number of nitrogens with zero attached hydrogens (tertiary/aromatic N) is 2. The summed E-state index contributed by atoms with van der Waals surface area (Å²) in [5.74, 6) is -0.0144.